The summed E-state index contributed by atoms with van der Waals surface area (Å²) in [4.78, 5) is 28.1. The molecule has 2 N–H and O–H groups in total. The predicted molar refractivity (Wildman–Crippen MR) is 98.1 cm³/mol. The molecule has 136 valence electrons. The van der Waals surface area contributed by atoms with Gasteiger partial charge in [-0.1, -0.05) is 29.8 Å². The Morgan fingerprint density at radius 2 is 1.92 bits per heavy atom. The Kier molecular flexibility index (Phi) is 5.74. The van der Waals surface area contributed by atoms with Gasteiger partial charge in [0.1, 0.15) is 0 Å². The molecule has 3 rings (SSSR count). The minimum Gasteiger partial charge on any atom is -0.369 e. The van der Waals surface area contributed by atoms with Crippen molar-refractivity contribution < 1.29 is 9.59 Å². The molecule has 2 aliphatic heterocycles. The predicted octanol–water partition coefficient (Wildman–Crippen LogP) is 1.90. The SMILES string of the molecule is Cc1cccc([C@H]2CCCN(C(=O)C3CCN(CC(N)=O)CC3)C2)c1. The van der Waals surface area contributed by atoms with Crippen LogP contribution in [0.4, 0.5) is 0 Å². The van der Waals surface area contributed by atoms with Gasteiger partial charge in [-0.15, -0.1) is 0 Å². The van der Waals surface area contributed by atoms with Gasteiger partial charge in [-0.3, -0.25) is 14.5 Å². The number of amides is 2. The molecule has 5 nitrogen and oxygen atoms in total. The minimum absolute atomic E-state index is 0.0976. The third kappa shape index (κ3) is 4.60. The second-order valence-electron chi connectivity index (χ2n) is 7.55. The van der Waals surface area contributed by atoms with Gasteiger partial charge in [-0.2, -0.15) is 0 Å². The molecule has 2 amide bonds. The normalized spacial score (nSPS) is 22.8. The lowest BCUT2D eigenvalue weighted by atomic mass is 9.88. The summed E-state index contributed by atoms with van der Waals surface area (Å²) in [5.74, 6) is 0.561. The van der Waals surface area contributed by atoms with Crippen LogP contribution in [0.1, 0.15) is 42.7 Å². The number of hydrogen-bond acceptors (Lipinski definition) is 3. The van der Waals surface area contributed by atoms with Crippen molar-refractivity contribution in [1.82, 2.24) is 9.80 Å². The summed E-state index contributed by atoms with van der Waals surface area (Å²) < 4.78 is 0. The molecule has 0 bridgehead atoms. The third-order valence-electron chi connectivity index (χ3n) is 5.56. The summed E-state index contributed by atoms with van der Waals surface area (Å²) in [5.41, 5.74) is 7.90. The molecule has 1 atom stereocenters. The average Bonchev–Trinajstić information content (AvgIpc) is 2.61. The van der Waals surface area contributed by atoms with Gasteiger partial charge in [0.15, 0.2) is 0 Å². The number of aryl methyl sites for hydroxylation is 1. The highest BCUT2D eigenvalue weighted by molar-refractivity contribution is 5.79. The van der Waals surface area contributed by atoms with Crippen molar-refractivity contribution in [2.45, 2.75) is 38.5 Å². The first-order valence-corrected chi connectivity index (χ1v) is 9.39. The Labute approximate surface area is 150 Å². The number of rotatable bonds is 4. The van der Waals surface area contributed by atoms with Crippen molar-refractivity contribution in [3.8, 4) is 0 Å². The van der Waals surface area contributed by atoms with E-state index in [-0.39, 0.29) is 11.8 Å². The molecule has 2 aliphatic rings. The highest BCUT2D eigenvalue weighted by Gasteiger charge is 2.32. The van der Waals surface area contributed by atoms with E-state index in [9.17, 15) is 9.59 Å². The van der Waals surface area contributed by atoms with Crippen LogP contribution in [0.15, 0.2) is 24.3 Å². The summed E-state index contributed by atoms with van der Waals surface area (Å²) in [5, 5.41) is 0. The van der Waals surface area contributed by atoms with E-state index in [1.54, 1.807) is 0 Å². The molecule has 2 heterocycles. The highest BCUT2D eigenvalue weighted by atomic mass is 16.2. The molecule has 0 aliphatic carbocycles. The van der Waals surface area contributed by atoms with Crippen molar-refractivity contribution >= 4 is 11.8 Å². The van der Waals surface area contributed by atoms with Gasteiger partial charge in [-0.25, -0.2) is 0 Å². The number of piperidine rings is 2. The van der Waals surface area contributed by atoms with E-state index >= 15 is 0 Å². The molecule has 2 fully saturated rings. The Morgan fingerprint density at radius 1 is 1.16 bits per heavy atom. The van der Waals surface area contributed by atoms with Crippen LogP contribution < -0.4 is 5.73 Å². The second-order valence-corrected chi connectivity index (χ2v) is 7.55. The largest absolute Gasteiger partial charge is 0.369 e. The van der Waals surface area contributed by atoms with Crippen molar-refractivity contribution in [1.29, 1.82) is 0 Å². The van der Waals surface area contributed by atoms with Crippen molar-refractivity contribution in [3.63, 3.8) is 0 Å². The fourth-order valence-corrected chi connectivity index (χ4v) is 4.19. The molecule has 0 saturated carbocycles. The molecule has 1 aromatic carbocycles. The van der Waals surface area contributed by atoms with E-state index in [0.717, 1.165) is 51.9 Å². The maximum Gasteiger partial charge on any atom is 0.231 e. The lowest BCUT2D eigenvalue weighted by Crippen LogP contribution is -2.47. The Bertz CT molecular complexity index is 623. The van der Waals surface area contributed by atoms with Gasteiger partial charge in [0.05, 0.1) is 6.54 Å². The maximum absolute atomic E-state index is 12.9. The first kappa shape index (κ1) is 17.9. The van der Waals surface area contributed by atoms with Crippen molar-refractivity contribution in [3.05, 3.63) is 35.4 Å². The number of primary amides is 1. The van der Waals surface area contributed by atoms with Crippen LogP contribution in [-0.4, -0.2) is 54.3 Å². The van der Waals surface area contributed by atoms with Crippen LogP contribution in [0.25, 0.3) is 0 Å². The van der Waals surface area contributed by atoms with Gasteiger partial charge in [0, 0.05) is 24.9 Å². The molecule has 1 aromatic rings. The number of carbonyl (C=O) groups excluding carboxylic acids is 2. The number of likely N-dealkylation sites (tertiary alicyclic amines) is 2. The van der Waals surface area contributed by atoms with Crippen molar-refractivity contribution in [2.75, 3.05) is 32.7 Å². The number of nitrogens with zero attached hydrogens (tertiary/aromatic N) is 2. The molecule has 25 heavy (non-hydrogen) atoms. The van der Waals surface area contributed by atoms with E-state index in [1.807, 2.05) is 0 Å². The summed E-state index contributed by atoms with van der Waals surface area (Å²) in [7, 11) is 0. The van der Waals surface area contributed by atoms with Crippen LogP contribution in [0.2, 0.25) is 0 Å². The molecular weight excluding hydrogens is 314 g/mol. The zero-order chi connectivity index (χ0) is 17.8. The van der Waals surface area contributed by atoms with Gasteiger partial charge in [0.2, 0.25) is 11.8 Å². The first-order valence-electron chi connectivity index (χ1n) is 9.39. The summed E-state index contributed by atoms with van der Waals surface area (Å²) >= 11 is 0. The van der Waals surface area contributed by atoms with Crippen molar-refractivity contribution in [2.24, 2.45) is 11.7 Å². The zero-order valence-corrected chi connectivity index (χ0v) is 15.1. The third-order valence-corrected chi connectivity index (χ3v) is 5.56. The van der Waals surface area contributed by atoms with Gasteiger partial charge in [0.25, 0.3) is 0 Å². The standard InChI is InChI=1S/C20H29N3O2/c1-15-4-2-5-17(12-15)18-6-3-9-23(13-18)20(25)16-7-10-22(11-8-16)14-19(21)24/h2,4-5,12,16,18H,3,6-11,13-14H2,1H3,(H2,21,24)/t18-/m0/s1. The van der Waals surface area contributed by atoms with Crippen LogP contribution in [-0.2, 0) is 9.59 Å². The summed E-state index contributed by atoms with van der Waals surface area (Å²) in [6, 6.07) is 8.67. The Balaban J connectivity index is 1.56. The average molecular weight is 343 g/mol. The summed E-state index contributed by atoms with van der Waals surface area (Å²) in [6.45, 7) is 5.71. The van der Waals surface area contributed by atoms with E-state index in [4.69, 9.17) is 5.73 Å². The van der Waals surface area contributed by atoms with Gasteiger partial charge < -0.3 is 10.6 Å². The van der Waals surface area contributed by atoms with E-state index < -0.39 is 0 Å². The highest BCUT2D eigenvalue weighted by Crippen LogP contribution is 2.29. The van der Waals surface area contributed by atoms with Crippen LogP contribution in [0, 0.1) is 12.8 Å². The fourth-order valence-electron chi connectivity index (χ4n) is 4.19. The number of carbonyl (C=O) groups is 2. The number of hydrogen-bond donors (Lipinski definition) is 1. The van der Waals surface area contributed by atoms with E-state index in [2.05, 4.69) is 41.0 Å². The van der Waals surface area contributed by atoms with Crippen LogP contribution in [0.3, 0.4) is 0 Å². The lowest BCUT2D eigenvalue weighted by molar-refractivity contribution is -0.138. The Hall–Kier alpha value is -1.88. The zero-order valence-electron chi connectivity index (χ0n) is 15.1. The quantitative estimate of drug-likeness (QED) is 0.908. The topological polar surface area (TPSA) is 66.6 Å². The maximum atomic E-state index is 12.9. The van der Waals surface area contributed by atoms with E-state index in [1.165, 1.54) is 11.1 Å². The molecule has 0 spiro atoms. The van der Waals surface area contributed by atoms with Gasteiger partial charge in [-0.05, 0) is 51.3 Å². The second kappa shape index (κ2) is 8.00. The summed E-state index contributed by atoms with van der Waals surface area (Å²) in [6.07, 6.45) is 3.89. The minimum atomic E-state index is -0.290. The van der Waals surface area contributed by atoms with Crippen LogP contribution >= 0.6 is 0 Å². The molecule has 2 saturated heterocycles. The Morgan fingerprint density at radius 3 is 2.60 bits per heavy atom. The fraction of sp³-hybridized carbons (Fsp3) is 0.600. The smallest absolute Gasteiger partial charge is 0.231 e. The lowest BCUT2D eigenvalue weighted by Gasteiger charge is -2.37. The van der Waals surface area contributed by atoms with E-state index in [0.29, 0.717) is 18.4 Å². The monoisotopic (exact) mass is 343 g/mol. The molecule has 0 aromatic heterocycles. The van der Waals surface area contributed by atoms with Crippen LogP contribution in [0.5, 0.6) is 0 Å². The molecule has 0 unspecified atom stereocenters. The number of benzene rings is 1. The van der Waals surface area contributed by atoms with Gasteiger partial charge >= 0.3 is 0 Å². The molecular formula is C20H29N3O2. The molecule has 5 heteroatoms. The number of nitrogens with two attached hydrogens (primary N) is 1. The first-order chi connectivity index (χ1) is 12.0. The molecule has 0 radical (unpaired) electrons.